The van der Waals surface area contributed by atoms with Gasteiger partial charge in [0.2, 0.25) is 0 Å². The van der Waals surface area contributed by atoms with Gasteiger partial charge in [-0.05, 0) is 18.6 Å². The summed E-state index contributed by atoms with van der Waals surface area (Å²) < 4.78 is 28.6. The van der Waals surface area contributed by atoms with E-state index in [-0.39, 0.29) is 48.1 Å². The first kappa shape index (κ1) is 33.1. The number of fused-ring (bicyclic) bond motifs is 1. The molecule has 0 fully saturated rings. The fourth-order valence-electron chi connectivity index (χ4n) is 3.90. The van der Waals surface area contributed by atoms with Crippen LogP contribution in [0.15, 0.2) is 14.6 Å². The number of hydrogen-bond acceptors (Lipinski definition) is 13. The number of ketones is 1. The van der Waals surface area contributed by atoms with E-state index in [9.17, 15) is 24.0 Å². The molecule has 0 aliphatic heterocycles. The van der Waals surface area contributed by atoms with Crippen molar-refractivity contribution in [1.29, 1.82) is 0 Å². The zero-order valence-corrected chi connectivity index (χ0v) is 24.6. The Morgan fingerprint density at radius 3 is 2.25 bits per heavy atom. The van der Waals surface area contributed by atoms with Crippen LogP contribution in [0.4, 0.5) is 0 Å². The molecule has 2 aromatic rings. The Bertz CT molecular complexity index is 1330. The highest BCUT2D eigenvalue weighted by Gasteiger charge is 2.33. The molecule has 0 bridgehead atoms. The number of hydrogen-bond donors (Lipinski definition) is 0. The van der Waals surface area contributed by atoms with Crippen LogP contribution in [0.1, 0.15) is 44.1 Å². The summed E-state index contributed by atoms with van der Waals surface area (Å²) >= 11 is 1.16. The molecule has 0 radical (unpaired) electrons. The number of aryl methyl sites for hydroxylation is 1. The smallest absolute Gasteiger partial charge is 0.332 e. The maximum Gasteiger partial charge on any atom is 0.332 e. The lowest BCUT2D eigenvalue weighted by Crippen LogP contribution is -2.42. The first-order valence-electron chi connectivity index (χ1n) is 12.5. The van der Waals surface area contributed by atoms with Gasteiger partial charge in [0, 0.05) is 41.5 Å². The van der Waals surface area contributed by atoms with Crippen molar-refractivity contribution >= 4 is 40.6 Å². The number of nitrogens with zero attached hydrogens (tertiary/aromatic N) is 4. The van der Waals surface area contributed by atoms with Gasteiger partial charge in [-0.2, -0.15) is 0 Å². The van der Waals surface area contributed by atoms with Crippen molar-refractivity contribution in [2.24, 2.45) is 20.0 Å². The van der Waals surface area contributed by atoms with Crippen LogP contribution in [0.3, 0.4) is 0 Å². The summed E-state index contributed by atoms with van der Waals surface area (Å²) in [5, 5.41) is 0.268. The third kappa shape index (κ3) is 8.68. The van der Waals surface area contributed by atoms with E-state index in [0.717, 1.165) is 16.3 Å². The lowest BCUT2D eigenvalue weighted by atomic mass is 9.93. The average molecular weight is 585 g/mol. The summed E-state index contributed by atoms with van der Waals surface area (Å²) in [6.07, 6.45) is 0.0136. The lowest BCUT2D eigenvalue weighted by Gasteiger charge is -2.30. The summed E-state index contributed by atoms with van der Waals surface area (Å²) in [7, 11) is 4.33. The van der Waals surface area contributed by atoms with Crippen LogP contribution in [-0.2, 0) is 47.4 Å². The maximum atomic E-state index is 13.3. The van der Waals surface area contributed by atoms with Crippen molar-refractivity contribution in [1.82, 2.24) is 19.1 Å². The molecule has 0 amide bonds. The quantitative estimate of drug-likeness (QED) is 0.0896. The van der Waals surface area contributed by atoms with Crippen LogP contribution in [0, 0.1) is 5.92 Å². The van der Waals surface area contributed by atoms with Crippen molar-refractivity contribution in [2.75, 3.05) is 40.0 Å². The van der Waals surface area contributed by atoms with Crippen molar-refractivity contribution in [3.05, 3.63) is 26.5 Å². The summed E-state index contributed by atoms with van der Waals surface area (Å²) in [5.74, 6) is -2.03. The molecule has 2 unspecified atom stereocenters. The molecule has 40 heavy (non-hydrogen) atoms. The number of carbonyl (C=O) groups excluding carboxylic acids is 3. The molecule has 0 aliphatic rings. The van der Waals surface area contributed by atoms with Crippen molar-refractivity contribution in [3.63, 3.8) is 0 Å². The number of rotatable bonds is 16. The molecular formula is C25H36N4O10S. The average Bonchev–Trinajstić information content (AvgIpc) is 2.92. The zero-order valence-electron chi connectivity index (χ0n) is 23.8. The summed E-state index contributed by atoms with van der Waals surface area (Å²) in [6.45, 7) is 4.68. The molecule has 222 valence electrons. The maximum absolute atomic E-state index is 13.3. The molecule has 3 atom stereocenters. The van der Waals surface area contributed by atoms with Gasteiger partial charge in [-0.15, -0.1) is 11.8 Å². The molecule has 0 saturated heterocycles. The molecule has 14 nitrogen and oxygen atoms in total. The van der Waals surface area contributed by atoms with Gasteiger partial charge >= 0.3 is 17.6 Å². The van der Waals surface area contributed by atoms with Crippen LogP contribution >= 0.6 is 11.8 Å². The largest absolute Gasteiger partial charge is 0.458 e. The van der Waals surface area contributed by atoms with Crippen LogP contribution in [-0.4, -0.2) is 89.0 Å². The lowest BCUT2D eigenvalue weighted by molar-refractivity contribution is -0.179. The van der Waals surface area contributed by atoms with E-state index in [4.69, 9.17) is 23.7 Å². The first-order chi connectivity index (χ1) is 18.9. The van der Waals surface area contributed by atoms with Crippen molar-refractivity contribution in [3.8, 4) is 0 Å². The van der Waals surface area contributed by atoms with E-state index in [2.05, 4.69) is 9.97 Å². The Morgan fingerprint density at radius 2 is 1.65 bits per heavy atom. The predicted octanol–water partition coefficient (Wildman–Crippen LogP) is 0.849. The van der Waals surface area contributed by atoms with Crippen molar-refractivity contribution < 1.29 is 38.1 Å². The van der Waals surface area contributed by atoms with Gasteiger partial charge in [-0.25, -0.2) is 14.8 Å². The van der Waals surface area contributed by atoms with E-state index >= 15 is 0 Å². The summed E-state index contributed by atoms with van der Waals surface area (Å²) in [5.41, 5.74) is -1.24. The normalized spacial score (nSPS) is 13.6. The molecule has 0 spiro atoms. The number of aromatic nitrogens is 4. The standard InChI is InChI=1S/C25H36N4O10S/c1-14(21(39-16(3)31)18(38-15(2)30)12-37-13-36-11-10-35-6)8-9-17(32)19-23(40-7)27-22-20(26-19)24(33)29(5)25(34)28(22)4/h14,18,21H,8-13H2,1-7H3/t14-,18?,21?/m0/s1. The van der Waals surface area contributed by atoms with Crippen LogP contribution in [0.25, 0.3) is 11.2 Å². The van der Waals surface area contributed by atoms with E-state index < -0.39 is 47.1 Å². The Hall–Kier alpha value is -3.14. The molecule has 2 rings (SSSR count). The Balaban J connectivity index is 2.25. The molecule has 2 aromatic heterocycles. The van der Waals surface area contributed by atoms with Gasteiger partial charge in [-0.3, -0.25) is 28.3 Å². The Kier molecular flexibility index (Phi) is 12.9. The van der Waals surface area contributed by atoms with Gasteiger partial charge in [-0.1, -0.05) is 6.92 Å². The topological polar surface area (TPSA) is 167 Å². The minimum atomic E-state index is -0.955. The van der Waals surface area contributed by atoms with Gasteiger partial charge in [0.05, 0.1) is 19.8 Å². The summed E-state index contributed by atoms with van der Waals surface area (Å²) in [6, 6.07) is 0. The van der Waals surface area contributed by atoms with Gasteiger partial charge in [0.15, 0.2) is 23.1 Å². The van der Waals surface area contributed by atoms with E-state index in [1.165, 1.54) is 39.6 Å². The number of carbonyl (C=O) groups is 3. The molecule has 0 N–H and O–H groups in total. The fraction of sp³-hybridized carbons (Fsp3) is 0.640. The van der Waals surface area contributed by atoms with Crippen LogP contribution in [0.5, 0.6) is 0 Å². The number of thioether (sulfide) groups is 1. The van der Waals surface area contributed by atoms with Gasteiger partial charge in [0.25, 0.3) is 5.56 Å². The number of methoxy groups -OCH3 is 1. The predicted molar refractivity (Wildman–Crippen MR) is 144 cm³/mol. The second kappa shape index (κ2) is 15.6. The Morgan fingerprint density at radius 1 is 0.975 bits per heavy atom. The van der Waals surface area contributed by atoms with Crippen molar-refractivity contribution in [2.45, 2.75) is 50.8 Å². The molecule has 0 aromatic carbocycles. The van der Waals surface area contributed by atoms with Gasteiger partial charge in [0.1, 0.15) is 23.6 Å². The Labute approximate surface area is 235 Å². The zero-order chi connectivity index (χ0) is 30.0. The SMILES string of the molecule is COCCOCOCC(OC(C)=O)C(OC(C)=O)[C@@H](C)CCC(=O)c1nc2c(=O)n(C)c(=O)n(C)c2nc1SC. The molecule has 0 aliphatic carbocycles. The fourth-order valence-corrected chi connectivity index (χ4v) is 4.43. The highest BCUT2D eigenvalue weighted by atomic mass is 32.2. The highest BCUT2D eigenvalue weighted by molar-refractivity contribution is 7.98. The third-order valence-electron chi connectivity index (χ3n) is 5.96. The van der Waals surface area contributed by atoms with E-state index in [1.807, 2.05) is 0 Å². The summed E-state index contributed by atoms with van der Waals surface area (Å²) in [4.78, 5) is 70.6. The van der Waals surface area contributed by atoms with Crippen LogP contribution < -0.4 is 11.2 Å². The minimum Gasteiger partial charge on any atom is -0.458 e. The minimum absolute atomic E-state index is 0.0000576. The van der Waals surface area contributed by atoms with Gasteiger partial charge < -0.3 is 23.7 Å². The molecule has 0 saturated carbocycles. The molecule has 2 heterocycles. The molecule has 15 heteroatoms. The second-order valence-electron chi connectivity index (χ2n) is 9.01. The van der Waals surface area contributed by atoms with E-state index in [1.54, 1.807) is 13.2 Å². The highest BCUT2D eigenvalue weighted by Crippen LogP contribution is 2.24. The first-order valence-corrected chi connectivity index (χ1v) is 13.7. The molecular weight excluding hydrogens is 548 g/mol. The van der Waals surface area contributed by atoms with E-state index in [0.29, 0.717) is 13.2 Å². The number of ether oxygens (including phenoxy) is 5. The third-order valence-corrected chi connectivity index (χ3v) is 6.63. The number of esters is 2. The second-order valence-corrected chi connectivity index (χ2v) is 9.81. The van der Waals surface area contributed by atoms with Crippen LogP contribution in [0.2, 0.25) is 0 Å². The number of Topliss-reactive ketones (excluding diaryl/α,β-unsaturated/α-hetero) is 1. The monoisotopic (exact) mass is 584 g/mol.